The van der Waals surface area contributed by atoms with Crippen molar-refractivity contribution in [2.45, 2.75) is 63.6 Å². The summed E-state index contributed by atoms with van der Waals surface area (Å²) in [5.41, 5.74) is 3.51. The van der Waals surface area contributed by atoms with Gasteiger partial charge in [-0.05, 0) is 50.4 Å². The minimum Gasteiger partial charge on any atom is -0.358 e. The van der Waals surface area contributed by atoms with E-state index < -0.39 is 0 Å². The van der Waals surface area contributed by atoms with Crippen LogP contribution in [-0.2, 0) is 11.3 Å². The largest absolute Gasteiger partial charge is 0.358 e. The highest BCUT2D eigenvalue weighted by molar-refractivity contribution is 6.04. The molecule has 4 rings (SSSR count). The average molecular weight is 313 g/mol. The van der Waals surface area contributed by atoms with Crippen molar-refractivity contribution in [2.75, 3.05) is 23.8 Å². The smallest absolute Gasteiger partial charge is 0.247 e. The van der Waals surface area contributed by atoms with Crippen molar-refractivity contribution in [2.24, 2.45) is 0 Å². The van der Waals surface area contributed by atoms with Crippen molar-refractivity contribution >= 4 is 17.3 Å². The lowest BCUT2D eigenvalue weighted by atomic mass is 9.94. The van der Waals surface area contributed by atoms with Gasteiger partial charge in [-0.2, -0.15) is 0 Å². The number of benzene rings is 1. The van der Waals surface area contributed by atoms with Crippen molar-refractivity contribution in [3.05, 3.63) is 23.8 Å². The molecule has 1 aromatic rings. The summed E-state index contributed by atoms with van der Waals surface area (Å²) in [6.07, 6.45) is 8.88. The van der Waals surface area contributed by atoms with E-state index in [-0.39, 0.29) is 11.9 Å². The lowest BCUT2D eigenvalue weighted by molar-refractivity contribution is -0.117. The summed E-state index contributed by atoms with van der Waals surface area (Å²) in [6, 6.07) is 7.40. The summed E-state index contributed by atoms with van der Waals surface area (Å²) in [7, 11) is 2.24. The lowest BCUT2D eigenvalue weighted by Crippen LogP contribution is -2.44. The molecule has 1 saturated heterocycles. The highest BCUT2D eigenvalue weighted by Crippen LogP contribution is 2.37. The zero-order valence-electron chi connectivity index (χ0n) is 14.1. The molecule has 1 aliphatic carbocycles. The quantitative estimate of drug-likeness (QED) is 0.929. The van der Waals surface area contributed by atoms with Crippen LogP contribution in [0.2, 0.25) is 0 Å². The summed E-state index contributed by atoms with van der Waals surface area (Å²) in [5.74, 6) is 0.174. The van der Waals surface area contributed by atoms with Gasteiger partial charge in [0.1, 0.15) is 6.04 Å². The van der Waals surface area contributed by atoms with Gasteiger partial charge in [0.05, 0.1) is 11.4 Å². The number of amides is 1. The molecule has 4 nitrogen and oxygen atoms in total. The molecule has 2 heterocycles. The highest BCUT2D eigenvalue weighted by Gasteiger charge is 2.36. The number of nitrogens with one attached hydrogen (secondary N) is 1. The fourth-order valence-corrected chi connectivity index (χ4v) is 4.51. The fourth-order valence-electron chi connectivity index (χ4n) is 4.51. The van der Waals surface area contributed by atoms with Crippen molar-refractivity contribution in [3.63, 3.8) is 0 Å². The summed E-state index contributed by atoms with van der Waals surface area (Å²) in [5, 5.41) is 3.13. The standard InChI is InChI=1S/C19H27N3O/c1-21(15-6-3-2-4-7-15)13-14-9-10-17-16(12-14)20-19(23)18-8-5-11-22(17)18/h9-10,12,15,18H,2-8,11,13H2,1H3,(H,20,23). The summed E-state index contributed by atoms with van der Waals surface area (Å²) in [6.45, 7) is 1.98. The third kappa shape index (κ3) is 2.85. The molecule has 1 amide bonds. The Bertz CT molecular complexity index is 594. The average Bonchev–Trinajstić information content (AvgIpc) is 3.06. The molecule has 1 atom stereocenters. The zero-order valence-corrected chi connectivity index (χ0v) is 14.1. The van der Waals surface area contributed by atoms with E-state index >= 15 is 0 Å². The van der Waals surface area contributed by atoms with E-state index in [2.05, 4.69) is 40.4 Å². The van der Waals surface area contributed by atoms with E-state index in [1.165, 1.54) is 43.4 Å². The number of hydrogen-bond acceptors (Lipinski definition) is 3. The first kappa shape index (κ1) is 15.0. The fraction of sp³-hybridized carbons (Fsp3) is 0.632. The molecule has 0 bridgehead atoms. The van der Waals surface area contributed by atoms with Crippen molar-refractivity contribution in [1.29, 1.82) is 0 Å². The maximum absolute atomic E-state index is 12.3. The number of fused-ring (bicyclic) bond motifs is 3. The first-order chi connectivity index (χ1) is 11.2. The predicted molar refractivity (Wildman–Crippen MR) is 93.8 cm³/mol. The molecule has 3 aliphatic rings. The molecule has 1 N–H and O–H groups in total. The number of carbonyl (C=O) groups is 1. The van der Waals surface area contributed by atoms with Gasteiger partial charge in [-0.25, -0.2) is 0 Å². The Balaban J connectivity index is 1.51. The molecule has 0 aromatic heterocycles. The van der Waals surface area contributed by atoms with E-state index in [4.69, 9.17) is 0 Å². The Hall–Kier alpha value is -1.55. The zero-order chi connectivity index (χ0) is 15.8. The minimum atomic E-state index is 0.0539. The molecule has 1 saturated carbocycles. The third-order valence-corrected chi connectivity index (χ3v) is 5.81. The van der Waals surface area contributed by atoms with Crippen molar-refractivity contribution < 1.29 is 4.79 Å². The number of anilines is 2. The van der Waals surface area contributed by atoms with Crippen LogP contribution in [0.15, 0.2) is 18.2 Å². The number of rotatable bonds is 3. The lowest BCUT2D eigenvalue weighted by Gasteiger charge is -2.34. The number of carbonyl (C=O) groups excluding carboxylic acids is 1. The normalized spacial score (nSPS) is 24.5. The van der Waals surface area contributed by atoms with Crippen LogP contribution in [0.1, 0.15) is 50.5 Å². The molecule has 1 aromatic carbocycles. The van der Waals surface area contributed by atoms with E-state index in [9.17, 15) is 4.79 Å². The molecule has 2 fully saturated rings. The molecular formula is C19H27N3O. The second-order valence-corrected chi connectivity index (χ2v) is 7.40. The maximum Gasteiger partial charge on any atom is 0.247 e. The van der Waals surface area contributed by atoms with E-state index in [0.717, 1.165) is 37.7 Å². The van der Waals surface area contributed by atoms with Crippen LogP contribution in [0.3, 0.4) is 0 Å². The molecule has 23 heavy (non-hydrogen) atoms. The molecule has 4 heteroatoms. The summed E-state index contributed by atoms with van der Waals surface area (Å²) >= 11 is 0. The Morgan fingerprint density at radius 3 is 2.83 bits per heavy atom. The van der Waals surface area contributed by atoms with Crippen molar-refractivity contribution in [1.82, 2.24) is 4.90 Å². The first-order valence-corrected chi connectivity index (χ1v) is 9.13. The number of hydrogen-bond donors (Lipinski definition) is 1. The van der Waals surface area contributed by atoms with E-state index in [1.807, 2.05) is 0 Å². The molecule has 124 valence electrons. The van der Waals surface area contributed by atoms with Gasteiger partial charge in [-0.3, -0.25) is 9.69 Å². The Morgan fingerprint density at radius 1 is 1.17 bits per heavy atom. The summed E-state index contributed by atoms with van der Waals surface area (Å²) < 4.78 is 0. The number of nitrogens with zero attached hydrogens (tertiary/aromatic N) is 2. The van der Waals surface area contributed by atoms with Gasteiger partial charge in [0, 0.05) is 19.1 Å². The predicted octanol–water partition coefficient (Wildman–Crippen LogP) is 3.37. The highest BCUT2D eigenvalue weighted by atomic mass is 16.2. The van der Waals surface area contributed by atoms with Crippen LogP contribution in [0.5, 0.6) is 0 Å². The van der Waals surface area contributed by atoms with Crippen LogP contribution >= 0.6 is 0 Å². The van der Waals surface area contributed by atoms with E-state index in [1.54, 1.807) is 0 Å². The SMILES string of the molecule is CN(Cc1ccc2c(c1)NC(=O)C1CCCN21)C1CCCCC1. The molecular weight excluding hydrogens is 286 g/mol. The van der Waals surface area contributed by atoms with Crippen molar-refractivity contribution in [3.8, 4) is 0 Å². The van der Waals surface area contributed by atoms with Gasteiger partial charge in [0.2, 0.25) is 5.91 Å². The Morgan fingerprint density at radius 2 is 2.00 bits per heavy atom. The van der Waals surface area contributed by atoms with Crippen LogP contribution in [-0.4, -0.2) is 36.5 Å². The Labute approximate surface area is 138 Å². The molecule has 2 aliphatic heterocycles. The minimum absolute atomic E-state index is 0.0539. The molecule has 0 spiro atoms. The second kappa shape index (κ2) is 6.16. The van der Waals surface area contributed by atoms with Crippen LogP contribution in [0.25, 0.3) is 0 Å². The monoisotopic (exact) mass is 313 g/mol. The topological polar surface area (TPSA) is 35.6 Å². The van der Waals surface area contributed by atoms with Gasteiger partial charge in [0.25, 0.3) is 0 Å². The van der Waals surface area contributed by atoms with Gasteiger partial charge < -0.3 is 10.2 Å². The van der Waals surface area contributed by atoms with E-state index in [0.29, 0.717) is 0 Å². The maximum atomic E-state index is 12.3. The summed E-state index contributed by atoms with van der Waals surface area (Å²) in [4.78, 5) is 17.0. The van der Waals surface area contributed by atoms with Gasteiger partial charge in [-0.1, -0.05) is 25.3 Å². The molecule has 1 unspecified atom stereocenters. The van der Waals surface area contributed by atoms with Crippen LogP contribution in [0, 0.1) is 0 Å². The first-order valence-electron chi connectivity index (χ1n) is 9.13. The van der Waals surface area contributed by atoms with Gasteiger partial charge in [-0.15, -0.1) is 0 Å². The van der Waals surface area contributed by atoms with Crippen LogP contribution < -0.4 is 10.2 Å². The Kier molecular flexibility index (Phi) is 4.02. The second-order valence-electron chi connectivity index (χ2n) is 7.40. The van der Waals surface area contributed by atoms with Gasteiger partial charge in [0.15, 0.2) is 0 Å². The van der Waals surface area contributed by atoms with Gasteiger partial charge >= 0.3 is 0 Å². The molecule has 0 radical (unpaired) electrons. The third-order valence-electron chi connectivity index (χ3n) is 5.81. The van der Waals surface area contributed by atoms with Crippen LogP contribution in [0.4, 0.5) is 11.4 Å².